The number of ether oxygens (including phenoxy) is 1. The molecule has 1 fully saturated rings. The van der Waals surface area contributed by atoms with Crippen molar-refractivity contribution in [3.8, 4) is 5.75 Å². The Kier molecular flexibility index (Phi) is 9.03. The zero-order chi connectivity index (χ0) is 28.9. The van der Waals surface area contributed by atoms with Crippen LogP contribution < -0.4 is 20.3 Å². The number of urea groups is 1. The van der Waals surface area contributed by atoms with Gasteiger partial charge < -0.3 is 20.3 Å². The van der Waals surface area contributed by atoms with E-state index >= 15 is 0 Å². The molecule has 3 aromatic rings. The third kappa shape index (κ3) is 7.97. The number of piperazine rings is 1. The average molecular weight is 589 g/mol. The number of hydrogen-bond donors (Lipinski definition) is 2. The first-order valence-corrected chi connectivity index (χ1v) is 13.0. The van der Waals surface area contributed by atoms with E-state index in [-0.39, 0.29) is 12.6 Å². The van der Waals surface area contributed by atoms with Crippen molar-refractivity contribution in [1.29, 1.82) is 0 Å². The van der Waals surface area contributed by atoms with E-state index in [0.717, 1.165) is 16.4 Å². The highest BCUT2D eigenvalue weighted by Crippen LogP contribution is 2.37. The second-order valence-electron chi connectivity index (χ2n) is 9.03. The summed E-state index contributed by atoms with van der Waals surface area (Å²) in [5.74, 6) is 1.48. The molecule has 40 heavy (non-hydrogen) atoms. The molecule has 8 nitrogen and oxygen atoms in total. The summed E-state index contributed by atoms with van der Waals surface area (Å²) < 4.78 is 87.8. The Morgan fingerprint density at radius 2 is 1.68 bits per heavy atom. The number of carbonyl (C=O) groups is 1. The van der Waals surface area contributed by atoms with E-state index < -0.39 is 35.2 Å². The van der Waals surface area contributed by atoms with Crippen LogP contribution in [0.4, 0.5) is 42.0 Å². The zero-order valence-electron chi connectivity index (χ0n) is 21.3. The number of halogens is 6. The lowest BCUT2D eigenvalue weighted by molar-refractivity contribution is -0.143. The van der Waals surface area contributed by atoms with E-state index in [2.05, 4.69) is 29.8 Å². The number of amides is 2. The topological polar surface area (TPSA) is 82.6 Å². The largest absolute Gasteiger partial charge is 0.497 e. The van der Waals surface area contributed by atoms with Crippen LogP contribution in [0.15, 0.2) is 42.5 Å². The van der Waals surface area contributed by atoms with E-state index in [0.29, 0.717) is 57.1 Å². The predicted octanol–water partition coefficient (Wildman–Crippen LogP) is 5.12. The van der Waals surface area contributed by atoms with Gasteiger partial charge in [0.25, 0.3) is 0 Å². The molecule has 15 heteroatoms. The smallest absolute Gasteiger partial charge is 0.416 e. The Balaban J connectivity index is 1.22. The minimum atomic E-state index is -5.00. The molecule has 1 aliphatic heterocycles. The summed E-state index contributed by atoms with van der Waals surface area (Å²) in [6, 6.07) is 7.73. The molecule has 1 aromatic heterocycles. The van der Waals surface area contributed by atoms with Crippen LogP contribution in [0.25, 0.3) is 0 Å². The van der Waals surface area contributed by atoms with Crippen molar-refractivity contribution < 1.29 is 35.9 Å². The molecule has 216 valence electrons. The first kappa shape index (κ1) is 29.4. The number of anilines is 2. The Morgan fingerprint density at radius 1 is 1.00 bits per heavy atom. The maximum absolute atomic E-state index is 13.0. The number of rotatable bonds is 8. The van der Waals surface area contributed by atoms with Crippen LogP contribution in [-0.4, -0.2) is 66.7 Å². The molecular formula is C25H26F6N6O2S. The van der Waals surface area contributed by atoms with E-state index in [4.69, 9.17) is 4.74 Å². The molecule has 4 rings (SSSR count). The third-order valence-electron chi connectivity index (χ3n) is 6.16. The van der Waals surface area contributed by atoms with Crippen LogP contribution in [-0.2, 0) is 18.8 Å². The summed E-state index contributed by atoms with van der Waals surface area (Å²) >= 11 is 1.32. The quantitative estimate of drug-likeness (QED) is 0.356. The molecule has 0 spiro atoms. The Hall–Kier alpha value is -3.59. The lowest BCUT2D eigenvalue weighted by Crippen LogP contribution is -2.48. The SMILES string of the molecule is COc1cccc(Cc2nsc(N3CCN(CCNC(=O)Nc4cc(C(F)(F)F)cc(C(F)(F)F)c4)CC3)n2)c1. The molecular weight excluding hydrogens is 562 g/mol. The van der Waals surface area contributed by atoms with Crippen LogP contribution >= 0.6 is 11.5 Å². The average Bonchev–Trinajstić information content (AvgIpc) is 3.36. The van der Waals surface area contributed by atoms with Gasteiger partial charge in [-0.25, -0.2) is 9.78 Å². The van der Waals surface area contributed by atoms with Gasteiger partial charge in [-0.2, -0.15) is 30.7 Å². The van der Waals surface area contributed by atoms with Crippen LogP contribution in [0, 0.1) is 0 Å². The normalized spacial score (nSPS) is 14.7. The molecule has 2 amide bonds. The first-order chi connectivity index (χ1) is 18.9. The molecule has 2 N–H and O–H groups in total. The van der Waals surface area contributed by atoms with Gasteiger partial charge in [0.1, 0.15) is 11.6 Å². The maximum Gasteiger partial charge on any atom is 0.416 e. The van der Waals surface area contributed by atoms with Gasteiger partial charge in [-0.3, -0.25) is 4.90 Å². The Labute approximate surface area is 230 Å². The summed E-state index contributed by atoms with van der Waals surface area (Å²) in [7, 11) is 1.61. The third-order valence-corrected chi connectivity index (χ3v) is 6.97. The predicted molar refractivity (Wildman–Crippen MR) is 138 cm³/mol. The summed E-state index contributed by atoms with van der Waals surface area (Å²) in [5.41, 5.74) is -2.56. The Bertz CT molecular complexity index is 1280. The highest BCUT2D eigenvalue weighted by atomic mass is 32.1. The fraction of sp³-hybridized carbons (Fsp3) is 0.400. The molecule has 0 bridgehead atoms. The van der Waals surface area contributed by atoms with Crippen molar-refractivity contribution in [3.05, 3.63) is 65.0 Å². The van der Waals surface area contributed by atoms with Crippen molar-refractivity contribution in [2.24, 2.45) is 0 Å². The minimum absolute atomic E-state index is 0.00596. The van der Waals surface area contributed by atoms with Gasteiger partial charge in [0.15, 0.2) is 0 Å². The number of benzene rings is 2. The molecule has 1 saturated heterocycles. The Morgan fingerprint density at radius 3 is 2.30 bits per heavy atom. The van der Waals surface area contributed by atoms with Crippen molar-refractivity contribution in [1.82, 2.24) is 19.6 Å². The second-order valence-corrected chi connectivity index (χ2v) is 9.76. The highest BCUT2D eigenvalue weighted by Gasteiger charge is 2.37. The van der Waals surface area contributed by atoms with Crippen molar-refractivity contribution in [2.45, 2.75) is 18.8 Å². The van der Waals surface area contributed by atoms with Crippen molar-refractivity contribution in [3.63, 3.8) is 0 Å². The number of alkyl halides is 6. The van der Waals surface area contributed by atoms with Gasteiger partial charge in [0.2, 0.25) is 5.13 Å². The lowest BCUT2D eigenvalue weighted by Gasteiger charge is -2.34. The first-order valence-electron chi connectivity index (χ1n) is 12.2. The lowest BCUT2D eigenvalue weighted by atomic mass is 10.1. The number of aromatic nitrogens is 2. The molecule has 1 aliphatic rings. The van der Waals surface area contributed by atoms with Gasteiger partial charge in [-0.15, -0.1) is 0 Å². The van der Waals surface area contributed by atoms with Crippen LogP contribution in [0.1, 0.15) is 22.5 Å². The molecule has 0 unspecified atom stereocenters. The standard InChI is InChI=1S/C25H26F6N6O2S/c1-39-20-4-2-3-16(11-20)12-21-34-23(40-35-21)37-9-7-36(8-10-37)6-5-32-22(38)33-19-14-17(24(26,27)28)13-18(15-19)25(29,30)31/h2-4,11,13-15H,5-10,12H2,1H3,(H2,32,33,38). The van der Waals surface area contributed by atoms with Gasteiger partial charge >= 0.3 is 18.4 Å². The maximum atomic E-state index is 13.0. The summed E-state index contributed by atoms with van der Waals surface area (Å²) in [4.78, 5) is 21.0. The molecule has 2 heterocycles. The van der Waals surface area contributed by atoms with E-state index in [1.54, 1.807) is 7.11 Å². The number of nitrogens with one attached hydrogen (secondary N) is 2. The summed E-state index contributed by atoms with van der Waals surface area (Å²) in [5, 5.41) is 5.35. The molecule has 0 aliphatic carbocycles. The summed E-state index contributed by atoms with van der Waals surface area (Å²) in [6.45, 7) is 3.33. The van der Waals surface area contributed by atoms with Gasteiger partial charge in [-0.1, -0.05) is 12.1 Å². The number of methoxy groups -OCH3 is 1. The molecule has 0 saturated carbocycles. The van der Waals surface area contributed by atoms with Gasteiger partial charge in [0, 0.05) is 62.9 Å². The fourth-order valence-electron chi connectivity index (χ4n) is 4.10. The monoisotopic (exact) mass is 588 g/mol. The molecule has 0 atom stereocenters. The van der Waals surface area contributed by atoms with E-state index in [1.165, 1.54) is 11.5 Å². The fourth-order valence-corrected chi connectivity index (χ4v) is 4.84. The number of nitrogens with zero attached hydrogens (tertiary/aromatic N) is 4. The zero-order valence-corrected chi connectivity index (χ0v) is 22.1. The number of hydrogen-bond acceptors (Lipinski definition) is 7. The highest BCUT2D eigenvalue weighted by molar-refractivity contribution is 7.09. The summed E-state index contributed by atoms with van der Waals surface area (Å²) in [6.07, 6.45) is -9.41. The van der Waals surface area contributed by atoms with Crippen molar-refractivity contribution >= 4 is 28.4 Å². The van der Waals surface area contributed by atoms with Gasteiger partial charge in [0.05, 0.1) is 18.2 Å². The molecule has 0 radical (unpaired) electrons. The van der Waals surface area contributed by atoms with Gasteiger partial charge in [-0.05, 0) is 35.9 Å². The van der Waals surface area contributed by atoms with Crippen LogP contribution in [0.5, 0.6) is 5.75 Å². The second kappa shape index (κ2) is 12.3. The minimum Gasteiger partial charge on any atom is -0.497 e. The van der Waals surface area contributed by atoms with Crippen molar-refractivity contribution in [2.75, 3.05) is 56.6 Å². The molecule has 2 aromatic carbocycles. The van der Waals surface area contributed by atoms with E-state index in [1.807, 2.05) is 24.3 Å². The van der Waals surface area contributed by atoms with Crippen LogP contribution in [0.3, 0.4) is 0 Å². The van der Waals surface area contributed by atoms with Crippen LogP contribution in [0.2, 0.25) is 0 Å². The van der Waals surface area contributed by atoms with E-state index in [9.17, 15) is 31.1 Å². The number of carbonyl (C=O) groups excluding carboxylic acids is 1.